The lowest BCUT2D eigenvalue weighted by molar-refractivity contribution is -0.127. The van der Waals surface area contributed by atoms with Crippen LogP contribution in [0.25, 0.3) is 0 Å². The molecule has 2 heterocycles. The van der Waals surface area contributed by atoms with Crippen LogP contribution in [0.5, 0.6) is 0 Å². The van der Waals surface area contributed by atoms with Crippen molar-refractivity contribution in [3.8, 4) is 0 Å². The Labute approximate surface area is 117 Å². The van der Waals surface area contributed by atoms with Crippen LogP contribution in [-0.2, 0) is 4.79 Å². The number of carbonyl (C=O) groups is 1. The maximum atomic E-state index is 12.2. The molecule has 2 saturated heterocycles. The summed E-state index contributed by atoms with van der Waals surface area (Å²) in [4.78, 5) is 14.7. The number of hydrogen-bond acceptors (Lipinski definition) is 3. The molecule has 0 saturated carbocycles. The predicted molar refractivity (Wildman–Crippen MR) is 78.1 cm³/mol. The predicted octanol–water partition coefficient (Wildman–Crippen LogP) is 1.37. The second kappa shape index (κ2) is 7.25. The number of piperidine rings is 1. The molecule has 0 aromatic carbocycles. The molecule has 110 valence electrons. The highest BCUT2D eigenvalue weighted by molar-refractivity contribution is 5.81. The molecule has 4 nitrogen and oxygen atoms in total. The van der Waals surface area contributed by atoms with E-state index in [1.807, 2.05) is 0 Å². The van der Waals surface area contributed by atoms with Crippen LogP contribution in [0, 0.1) is 5.92 Å². The van der Waals surface area contributed by atoms with E-state index >= 15 is 0 Å². The fourth-order valence-electron chi connectivity index (χ4n) is 3.30. The van der Waals surface area contributed by atoms with Crippen molar-refractivity contribution in [2.45, 2.75) is 58.0 Å². The van der Waals surface area contributed by atoms with Gasteiger partial charge in [0.15, 0.2) is 0 Å². The second-order valence-electron chi connectivity index (χ2n) is 6.29. The van der Waals surface area contributed by atoms with Gasteiger partial charge in [-0.05, 0) is 65.0 Å². The number of amides is 1. The van der Waals surface area contributed by atoms with E-state index in [4.69, 9.17) is 0 Å². The van der Waals surface area contributed by atoms with Gasteiger partial charge < -0.3 is 10.6 Å². The summed E-state index contributed by atoms with van der Waals surface area (Å²) < 4.78 is 0. The summed E-state index contributed by atoms with van der Waals surface area (Å²) in [7, 11) is 0. The van der Waals surface area contributed by atoms with E-state index in [0.29, 0.717) is 6.04 Å². The number of hydrogen-bond donors (Lipinski definition) is 2. The van der Waals surface area contributed by atoms with Crippen molar-refractivity contribution < 1.29 is 4.79 Å². The maximum absolute atomic E-state index is 12.2. The van der Waals surface area contributed by atoms with Crippen molar-refractivity contribution in [3.63, 3.8) is 0 Å². The quantitative estimate of drug-likeness (QED) is 0.808. The Morgan fingerprint density at radius 2 is 1.89 bits per heavy atom. The third-order valence-electron chi connectivity index (χ3n) is 4.50. The van der Waals surface area contributed by atoms with Crippen molar-refractivity contribution >= 4 is 5.91 Å². The van der Waals surface area contributed by atoms with Crippen molar-refractivity contribution in [1.29, 1.82) is 0 Å². The molecule has 0 bridgehead atoms. The van der Waals surface area contributed by atoms with Crippen LogP contribution < -0.4 is 10.6 Å². The van der Waals surface area contributed by atoms with E-state index in [1.165, 1.54) is 19.3 Å². The largest absolute Gasteiger partial charge is 0.355 e. The van der Waals surface area contributed by atoms with Crippen LogP contribution in [0.2, 0.25) is 0 Å². The average Bonchev–Trinajstić information content (AvgIpc) is 2.62. The topological polar surface area (TPSA) is 44.4 Å². The molecule has 19 heavy (non-hydrogen) atoms. The fraction of sp³-hybridized carbons (Fsp3) is 0.933. The minimum atomic E-state index is 0.0948. The molecule has 2 aliphatic rings. The van der Waals surface area contributed by atoms with Gasteiger partial charge in [0, 0.05) is 19.1 Å². The van der Waals surface area contributed by atoms with Gasteiger partial charge in [-0.25, -0.2) is 0 Å². The summed E-state index contributed by atoms with van der Waals surface area (Å²) in [5.74, 6) is 1.000. The maximum Gasteiger partial charge on any atom is 0.237 e. The van der Waals surface area contributed by atoms with E-state index in [0.717, 1.165) is 44.9 Å². The first-order chi connectivity index (χ1) is 9.18. The summed E-state index contributed by atoms with van der Waals surface area (Å²) in [5, 5.41) is 6.49. The number of nitrogens with one attached hydrogen (secondary N) is 2. The van der Waals surface area contributed by atoms with Gasteiger partial charge in [0.2, 0.25) is 5.91 Å². The molecule has 1 amide bonds. The van der Waals surface area contributed by atoms with E-state index in [9.17, 15) is 4.79 Å². The molecule has 2 fully saturated rings. The van der Waals surface area contributed by atoms with Crippen LogP contribution in [0.15, 0.2) is 0 Å². The lowest BCUT2D eigenvalue weighted by atomic mass is 9.95. The highest BCUT2D eigenvalue weighted by atomic mass is 16.2. The van der Waals surface area contributed by atoms with E-state index in [2.05, 4.69) is 29.4 Å². The smallest absolute Gasteiger partial charge is 0.237 e. The van der Waals surface area contributed by atoms with Crippen LogP contribution in [-0.4, -0.2) is 49.1 Å². The zero-order valence-corrected chi connectivity index (χ0v) is 12.5. The first-order valence-corrected chi connectivity index (χ1v) is 7.92. The lowest BCUT2D eigenvalue weighted by Gasteiger charge is -2.37. The highest BCUT2D eigenvalue weighted by Crippen LogP contribution is 2.21. The Morgan fingerprint density at radius 3 is 2.58 bits per heavy atom. The number of rotatable bonds is 4. The van der Waals surface area contributed by atoms with Crippen LogP contribution >= 0.6 is 0 Å². The van der Waals surface area contributed by atoms with Crippen molar-refractivity contribution in [1.82, 2.24) is 15.5 Å². The number of nitrogens with zero attached hydrogens (tertiary/aromatic N) is 1. The zero-order chi connectivity index (χ0) is 13.7. The highest BCUT2D eigenvalue weighted by Gasteiger charge is 2.30. The minimum absolute atomic E-state index is 0.0948. The van der Waals surface area contributed by atoms with E-state index in [-0.39, 0.29) is 11.9 Å². The van der Waals surface area contributed by atoms with E-state index < -0.39 is 0 Å². The summed E-state index contributed by atoms with van der Waals surface area (Å²) in [6.07, 6.45) is 5.81. The van der Waals surface area contributed by atoms with Crippen LogP contribution in [0.3, 0.4) is 0 Å². The van der Waals surface area contributed by atoms with Gasteiger partial charge in [0.25, 0.3) is 0 Å². The molecule has 1 atom stereocenters. The molecule has 0 spiro atoms. The summed E-state index contributed by atoms with van der Waals surface area (Å²) in [5.41, 5.74) is 0. The fourth-order valence-corrected chi connectivity index (χ4v) is 3.30. The van der Waals surface area contributed by atoms with Gasteiger partial charge in [-0.15, -0.1) is 0 Å². The van der Waals surface area contributed by atoms with Gasteiger partial charge in [0.1, 0.15) is 0 Å². The van der Waals surface area contributed by atoms with Gasteiger partial charge in [-0.2, -0.15) is 0 Å². The van der Waals surface area contributed by atoms with Crippen molar-refractivity contribution in [2.75, 3.05) is 26.2 Å². The Morgan fingerprint density at radius 1 is 1.16 bits per heavy atom. The van der Waals surface area contributed by atoms with Crippen molar-refractivity contribution in [3.05, 3.63) is 0 Å². The Balaban J connectivity index is 1.98. The molecular formula is C15H29N3O. The molecule has 2 rings (SSSR count). The molecular weight excluding hydrogens is 238 g/mol. The summed E-state index contributed by atoms with van der Waals surface area (Å²) in [6.45, 7) is 8.64. The summed E-state index contributed by atoms with van der Waals surface area (Å²) in [6, 6.07) is 0.543. The summed E-state index contributed by atoms with van der Waals surface area (Å²) >= 11 is 0. The standard InChI is InChI=1S/C15H29N3O/c1-12(2)18(11-13-6-9-16-10-7-13)14-5-3-4-8-17-15(14)19/h12-14,16H,3-11H2,1-2H3,(H,17,19). The molecule has 2 aliphatic heterocycles. The Hall–Kier alpha value is -0.610. The SMILES string of the molecule is CC(C)N(CC1CCNCC1)C1CCCCNC1=O. The minimum Gasteiger partial charge on any atom is -0.355 e. The molecule has 0 radical (unpaired) electrons. The van der Waals surface area contributed by atoms with Gasteiger partial charge in [-0.3, -0.25) is 9.69 Å². The molecule has 2 N–H and O–H groups in total. The Bertz CT molecular complexity index is 287. The van der Waals surface area contributed by atoms with Gasteiger partial charge in [0.05, 0.1) is 6.04 Å². The third kappa shape index (κ3) is 4.18. The monoisotopic (exact) mass is 267 g/mol. The van der Waals surface area contributed by atoms with Crippen LogP contribution in [0.4, 0.5) is 0 Å². The van der Waals surface area contributed by atoms with Crippen molar-refractivity contribution in [2.24, 2.45) is 5.92 Å². The van der Waals surface area contributed by atoms with Gasteiger partial charge in [-0.1, -0.05) is 0 Å². The molecule has 4 heteroatoms. The first kappa shape index (κ1) is 14.8. The second-order valence-corrected chi connectivity index (χ2v) is 6.29. The van der Waals surface area contributed by atoms with Crippen LogP contribution in [0.1, 0.15) is 46.0 Å². The Kier molecular flexibility index (Phi) is 5.64. The molecule has 0 aromatic rings. The first-order valence-electron chi connectivity index (χ1n) is 7.92. The number of carbonyl (C=O) groups excluding carboxylic acids is 1. The third-order valence-corrected chi connectivity index (χ3v) is 4.50. The zero-order valence-electron chi connectivity index (χ0n) is 12.5. The average molecular weight is 267 g/mol. The normalized spacial score (nSPS) is 26.5. The molecule has 1 unspecified atom stereocenters. The van der Waals surface area contributed by atoms with E-state index in [1.54, 1.807) is 0 Å². The lowest BCUT2D eigenvalue weighted by Crippen LogP contribution is -2.51. The van der Waals surface area contributed by atoms with Gasteiger partial charge >= 0.3 is 0 Å². The molecule has 0 aromatic heterocycles. The molecule has 0 aliphatic carbocycles.